The van der Waals surface area contributed by atoms with Gasteiger partial charge in [0.1, 0.15) is 0 Å². The van der Waals surface area contributed by atoms with Gasteiger partial charge in [-0.05, 0) is 30.9 Å². The van der Waals surface area contributed by atoms with Crippen LogP contribution in [0.2, 0.25) is 0 Å². The maximum Gasteiger partial charge on any atom is 0.259 e. The van der Waals surface area contributed by atoms with Gasteiger partial charge in [0.2, 0.25) is 5.91 Å². The molecule has 1 unspecified atom stereocenters. The van der Waals surface area contributed by atoms with Crippen molar-refractivity contribution in [3.8, 4) is 0 Å². The number of hydrogen-bond donors (Lipinski definition) is 1. The Morgan fingerprint density at radius 3 is 2.70 bits per heavy atom. The fourth-order valence-corrected chi connectivity index (χ4v) is 3.86. The minimum atomic E-state index is -0.313. The van der Waals surface area contributed by atoms with Crippen molar-refractivity contribution in [2.45, 2.75) is 45.6 Å². The minimum absolute atomic E-state index is 0.133. The number of fused-ring (bicyclic) bond motifs is 1. The molecule has 1 N–H and O–H groups in total. The lowest BCUT2D eigenvalue weighted by molar-refractivity contribution is -0.128. The van der Waals surface area contributed by atoms with Gasteiger partial charge in [0, 0.05) is 25.2 Å². The van der Waals surface area contributed by atoms with Crippen LogP contribution in [-0.4, -0.2) is 39.9 Å². The van der Waals surface area contributed by atoms with Gasteiger partial charge in [0.15, 0.2) is 0 Å². The van der Waals surface area contributed by atoms with Crippen molar-refractivity contribution in [3.05, 3.63) is 58.9 Å². The second-order valence-electron chi connectivity index (χ2n) is 8.08. The predicted molar refractivity (Wildman–Crippen MR) is 113 cm³/mol. The molecule has 1 aliphatic heterocycles. The van der Waals surface area contributed by atoms with E-state index >= 15 is 0 Å². The lowest BCUT2D eigenvalue weighted by Gasteiger charge is -2.25. The van der Waals surface area contributed by atoms with Crippen LogP contribution in [0.5, 0.6) is 0 Å². The summed E-state index contributed by atoms with van der Waals surface area (Å²) in [5, 5.41) is 7.77. The third-order valence-electron chi connectivity index (χ3n) is 5.55. The molecule has 7 nitrogen and oxygen atoms in total. The number of pyridine rings is 1. The fourth-order valence-electron chi connectivity index (χ4n) is 3.86. The number of rotatable bonds is 6. The fraction of sp³-hybridized carbons (Fsp3) is 0.391. The van der Waals surface area contributed by atoms with Crippen molar-refractivity contribution in [2.24, 2.45) is 0 Å². The first-order valence-corrected chi connectivity index (χ1v) is 10.3. The van der Waals surface area contributed by atoms with E-state index in [1.165, 1.54) is 0 Å². The van der Waals surface area contributed by atoms with Crippen LogP contribution >= 0.6 is 0 Å². The Balaban J connectivity index is 1.68. The Kier molecular flexibility index (Phi) is 5.53. The van der Waals surface area contributed by atoms with E-state index in [1.54, 1.807) is 6.92 Å². The molecular weight excluding hydrogens is 380 g/mol. The van der Waals surface area contributed by atoms with Gasteiger partial charge in [-0.3, -0.25) is 9.59 Å². The third-order valence-corrected chi connectivity index (χ3v) is 5.55. The maximum absolute atomic E-state index is 13.4. The molecule has 156 valence electrons. The van der Waals surface area contributed by atoms with Crippen LogP contribution < -0.4 is 5.32 Å². The summed E-state index contributed by atoms with van der Waals surface area (Å²) >= 11 is 0. The summed E-state index contributed by atoms with van der Waals surface area (Å²) in [7, 11) is 0. The Hall–Kier alpha value is -3.22. The van der Waals surface area contributed by atoms with Crippen molar-refractivity contribution in [2.75, 3.05) is 13.1 Å². The zero-order valence-corrected chi connectivity index (χ0v) is 17.5. The lowest BCUT2D eigenvalue weighted by atomic mass is 10.0. The molecule has 4 rings (SSSR count). The average molecular weight is 406 g/mol. The molecule has 0 spiro atoms. The number of carbonyl (C=O) groups is 2. The molecule has 1 saturated heterocycles. The molecule has 0 aliphatic carbocycles. The molecule has 0 radical (unpaired) electrons. The quantitative estimate of drug-likeness (QED) is 0.674. The molecule has 0 bridgehead atoms. The summed E-state index contributed by atoms with van der Waals surface area (Å²) in [6, 6.07) is 11.3. The largest absolute Gasteiger partial charge is 0.343 e. The van der Waals surface area contributed by atoms with Crippen LogP contribution in [0.25, 0.3) is 11.1 Å². The number of nitrogens with zero attached hydrogens (tertiary/aromatic N) is 3. The average Bonchev–Trinajstić information content (AvgIpc) is 3.32. The highest BCUT2D eigenvalue weighted by Gasteiger charge is 2.27. The molecule has 2 amide bonds. The molecule has 3 heterocycles. The van der Waals surface area contributed by atoms with Crippen LogP contribution in [0.1, 0.15) is 66.0 Å². The van der Waals surface area contributed by atoms with E-state index in [0.717, 1.165) is 24.2 Å². The van der Waals surface area contributed by atoms with Crippen LogP contribution in [0.4, 0.5) is 0 Å². The predicted octanol–water partition coefficient (Wildman–Crippen LogP) is 3.75. The Morgan fingerprint density at radius 1 is 1.27 bits per heavy atom. The van der Waals surface area contributed by atoms with E-state index in [1.807, 2.05) is 55.1 Å². The third kappa shape index (κ3) is 3.92. The van der Waals surface area contributed by atoms with Gasteiger partial charge in [-0.25, -0.2) is 4.98 Å². The number of carbonyl (C=O) groups excluding carboxylic acids is 2. The molecule has 0 saturated carbocycles. The zero-order valence-electron chi connectivity index (χ0n) is 17.5. The molecule has 2 aromatic heterocycles. The van der Waals surface area contributed by atoms with Gasteiger partial charge in [0.25, 0.3) is 11.6 Å². The summed E-state index contributed by atoms with van der Waals surface area (Å²) in [5.74, 6) is 0.0445. The van der Waals surface area contributed by atoms with Crippen molar-refractivity contribution < 1.29 is 14.1 Å². The summed E-state index contributed by atoms with van der Waals surface area (Å²) in [5.41, 5.74) is 3.23. The number of benzene rings is 1. The molecule has 1 fully saturated rings. The number of aryl methyl sites for hydroxylation is 1. The second kappa shape index (κ2) is 8.26. The van der Waals surface area contributed by atoms with Gasteiger partial charge in [-0.15, -0.1) is 0 Å². The first-order valence-electron chi connectivity index (χ1n) is 10.3. The monoisotopic (exact) mass is 406 g/mol. The zero-order chi connectivity index (χ0) is 21.3. The highest BCUT2D eigenvalue weighted by atomic mass is 16.5. The molecule has 1 aromatic carbocycles. The van der Waals surface area contributed by atoms with Crippen LogP contribution in [0.15, 0.2) is 40.9 Å². The van der Waals surface area contributed by atoms with Crippen LogP contribution in [0, 0.1) is 6.92 Å². The van der Waals surface area contributed by atoms with E-state index in [9.17, 15) is 9.59 Å². The van der Waals surface area contributed by atoms with Crippen molar-refractivity contribution in [3.63, 3.8) is 0 Å². The van der Waals surface area contributed by atoms with Crippen molar-refractivity contribution >= 4 is 22.9 Å². The second-order valence-corrected chi connectivity index (χ2v) is 8.08. The van der Waals surface area contributed by atoms with E-state index in [-0.39, 0.29) is 23.8 Å². The maximum atomic E-state index is 13.4. The normalized spacial score (nSPS) is 15.2. The Labute approximate surface area is 175 Å². The molecule has 1 aliphatic rings. The minimum Gasteiger partial charge on any atom is -0.343 e. The standard InChI is InChI=1S/C23H26N4O3/c1-14(2)18-12-17(21-15(3)26-30-23(21)25-18)22(29)24-19(16-8-5-4-6-9-16)13-27-11-7-10-20(27)28/h4-6,8-9,12,14,19H,7,10-11,13H2,1-3H3,(H,24,29). The van der Waals surface area contributed by atoms with Gasteiger partial charge >= 0.3 is 0 Å². The Morgan fingerprint density at radius 2 is 2.03 bits per heavy atom. The number of aromatic nitrogens is 2. The lowest BCUT2D eigenvalue weighted by Crippen LogP contribution is -2.38. The van der Waals surface area contributed by atoms with E-state index in [2.05, 4.69) is 15.5 Å². The van der Waals surface area contributed by atoms with E-state index in [0.29, 0.717) is 35.3 Å². The first kappa shape index (κ1) is 20.1. The molecule has 3 aromatic rings. The van der Waals surface area contributed by atoms with E-state index in [4.69, 9.17) is 4.52 Å². The molecule has 7 heteroatoms. The number of amides is 2. The highest BCUT2D eigenvalue weighted by molar-refractivity contribution is 6.06. The molecule has 30 heavy (non-hydrogen) atoms. The first-order chi connectivity index (χ1) is 14.4. The smallest absolute Gasteiger partial charge is 0.259 e. The van der Waals surface area contributed by atoms with Gasteiger partial charge in [0.05, 0.1) is 22.7 Å². The number of likely N-dealkylation sites (tertiary alicyclic amines) is 1. The van der Waals surface area contributed by atoms with Crippen molar-refractivity contribution in [1.82, 2.24) is 20.4 Å². The topological polar surface area (TPSA) is 88.3 Å². The highest BCUT2D eigenvalue weighted by Crippen LogP contribution is 2.26. The van der Waals surface area contributed by atoms with Gasteiger partial charge in [-0.1, -0.05) is 49.3 Å². The number of nitrogens with one attached hydrogen (secondary N) is 1. The SMILES string of the molecule is Cc1noc2nc(C(C)C)cc(C(=O)NC(CN3CCCC3=O)c3ccccc3)c12. The summed E-state index contributed by atoms with van der Waals surface area (Å²) in [6.07, 6.45) is 1.43. The summed E-state index contributed by atoms with van der Waals surface area (Å²) in [6.45, 7) is 7.01. The van der Waals surface area contributed by atoms with E-state index < -0.39 is 0 Å². The number of hydrogen-bond acceptors (Lipinski definition) is 5. The summed E-state index contributed by atoms with van der Waals surface area (Å²) in [4.78, 5) is 31.9. The summed E-state index contributed by atoms with van der Waals surface area (Å²) < 4.78 is 5.35. The van der Waals surface area contributed by atoms with Gasteiger partial charge in [-0.2, -0.15) is 0 Å². The molecular formula is C23H26N4O3. The van der Waals surface area contributed by atoms with Crippen molar-refractivity contribution in [1.29, 1.82) is 0 Å². The Bertz CT molecular complexity index is 1070. The van der Waals surface area contributed by atoms with Crippen LogP contribution in [-0.2, 0) is 4.79 Å². The van der Waals surface area contributed by atoms with Crippen LogP contribution in [0.3, 0.4) is 0 Å². The molecule has 1 atom stereocenters. The van der Waals surface area contributed by atoms with Gasteiger partial charge < -0.3 is 14.7 Å².